The molecule has 1 aliphatic rings. The minimum Gasteiger partial charge on any atom is -0.326 e. The van der Waals surface area contributed by atoms with E-state index in [-0.39, 0.29) is 5.54 Å². The lowest BCUT2D eigenvalue weighted by Crippen LogP contribution is -2.37. The van der Waals surface area contributed by atoms with Gasteiger partial charge in [0, 0.05) is 24.7 Å². The Balaban J connectivity index is 2.05. The Morgan fingerprint density at radius 3 is 2.29 bits per heavy atom. The SMILES string of the molecule is CCc1ccc(CN2CC(N)CC2(C)C)cc1. The van der Waals surface area contributed by atoms with E-state index in [1.165, 1.54) is 11.1 Å². The molecule has 2 N–H and O–H groups in total. The lowest BCUT2D eigenvalue weighted by atomic mass is 10.00. The van der Waals surface area contributed by atoms with Crippen molar-refractivity contribution in [3.63, 3.8) is 0 Å². The van der Waals surface area contributed by atoms with Gasteiger partial charge in [-0.2, -0.15) is 0 Å². The third kappa shape index (κ3) is 2.88. The van der Waals surface area contributed by atoms with Crippen molar-refractivity contribution in [2.75, 3.05) is 6.54 Å². The fourth-order valence-electron chi connectivity index (χ4n) is 2.74. The number of nitrogens with two attached hydrogens (primary N) is 1. The standard InChI is InChI=1S/C15H24N2/c1-4-12-5-7-13(8-6-12)10-17-11-14(16)9-15(17,2)3/h5-8,14H,4,9-11,16H2,1-3H3. The van der Waals surface area contributed by atoms with Gasteiger partial charge in [0.05, 0.1) is 0 Å². The lowest BCUT2D eigenvalue weighted by Gasteiger charge is -2.31. The average Bonchev–Trinajstić information content (AvgIpc) is 2.53. The summed E-state index contributed by atoms with van der Waals surface area (Å²) < 4.78 is 0. The van der Waals surface area contributed by atoms with E-state index >= 15 is 0 Å². The first-order valence-corrected chi connectivity index (χ1v) is 6.60. The molecule has 2 heteroatoms. The zero-order valence-corrected chi connectivity index (χ0v) is 11.2. The van der Waals surface area contributed by atoms with E-state index in [2.05, 4.69) is 49.9 Å². The molecule has 17 heavy (non-hydrogen) atoms. The third-order valence-electron chi connectivity index (χ3n) is 3.88. The topological polar surface area (TPSA) is 29.3 Å². The van der Waals surface area contributed by atoms with E-state index in [1.807, 2.05) is 0 Å². The maximum absolute atomic E-state index is 6.06. The second-order valence-electron chi connectivity index (χ2n) is 5.83. The molecule has 0 spiro atoms. The summed E-state index contributed by atoms with van der Waals surface area (Å²) >= 11 is 0. The van der Waals surface area contributed by atoms with E-state index in [0.29, 0.717) is 6.04 Å². The molecule has 1 aromatic rings. The number of nitrogens with zero attached hydrogens (tertiary/aromatic N) is 1. The predicted octanol–water partition coefficient (Wildman–Crippen LogP) is 2.56. The van der Waals surface area contributed by atoms with Crippen molar-refractivity contribution in [3.8, 4) is 0 Å². The van der Waals surface area contributed by atoms with Crippen molar-refractivity contribution in [3.05, 3.63) is 35.4 Å². The van der Waals surface area contributed by atoms with Crippen molar-refractivity contribution in [1.29, 1.82) is 0 Å². The van der Waals surface area contributed by atoms with Crippen LogP contribution in [0.1, 0.15) is 38.3 Å². The summed E-state index contributed by atoms with van der Waals surface area (Å²) in [6, 6.07) is 9.30. The molecule has 0 amide bonds. The van der Waals surface area contributed by atoms with E-state index < -0.39 is 0 Å². The van der Waals surface area contributed by atoms with Crippen LogP contribution in [-0.4, -0.2) is 23.0 Å². The van der Waals surface area contributed by atoms with Crippen molar-refractivity contribution in [1.82, 2.24) is 4.90 Å². The number of hydrogen-bond acceptors (Lipinski definition) is 2. The van der Waals surface area contributed by atoms with E-state index in [1.54, 1.807) is 0 Å². The number of likely N-dealkylation sites (tertiary alicyclic amines) is 1. The monoisotopic (exact) mass is 232 g/mol. The van der Waals surface area contributed by atoms with Gasteiger partial charge in [-0.25, -0.2) is 0 Å². The highest BCUT2D eigenvalue weighted by molar-refractivity contribution is 5.22. The molecule has 2 rings (SSSR count). The van der Waals surface area contributed by atoms with Gasteiger partial charge in [0.25, 0.3) is 0 Å². The van der Waals surface area contributed by atoms with Gasteiger partial charge in [0.15, 0.2) is 0 Å². The van der Waals surface area contributed by atoms with Gasteiger partial charge in [-0.3, -0.25) is 4.90 Å². The van der Waals surface area contributed by atoms with Gasteiger partial charge in [-0.15, -0.1) is 0 Å². The molecular formula is C15H24N2. The quantitative estimate of drug-likeness (QED) is 0.868. The molecule has 1 saturated heterocycles. The summed E-state index contributed by atoms with van der Waals surface area (Å²) in [7, 11) is 0. The molecular weight excluding hydrogens is 208 g/mol. The Bertz CT molecular complexity index is 367. The van der Waals surface area contributed by atoms with E-state index in [4.69, 9.17) is 5.73 Å². The average molecular weight is 232 g/mol. The first-order chi connectivity index (χ1) is 8.01. The highest BCUT2D eigenvalue weighted by Gasteiger charge is 2.36. The van der Waals surface area contributed by atoms with E-state index in [9.17, 15) is 0 Å². The van der Waals surface area contributed by atoms with Crippen LogP contribution in [0.25, 0.3) is 0 Å². The molecule has 2 nitrogen and oxygen atoms in total. The van der Waals surface area contributed by atoms with Crippen LogP contribution in [0.2, 0.25) is 0 Å². The Kier molecular flexibility index (Phi) is 3.55. The second-order valence-corrected chi connectivity index (χ2v) is 5.83. The van der Waals surface area contributed by atoms with Crippen LogP contribution in [0.3, 0.4) is 0 Å². The molecule has 94 valence electrons. The molecule has 1 heterocycles. The number of hydrogen-bond donors (Lipinski definition) is 1. The molecule has 0 radical (unpaired) electrons. The van der Waals surface area contributed by atoms with Crippen LogP contribution < -0.4 is 5.73 Å². The molecule has 1 aliphatic heterocycles. The number of rotatable bonds is 3. The van der Waals surface area contributed by atoms with Gasteiger partial charge in [-0.05, 0) is 37.8 Å². The van der Waals surface area contributed by atoms with E-state index in [0.717, 1.165) is 25.9 Å². The minimum absolute atomic E-state index is 0.239. The fraction of sp³-hybridized carbons (Fsp3) is 0.600. The summed E-state index contributed by atoms with van der Waals surface area (Å²) in [5.74, 6) is 0. The molecule has 0 bridgehead atoms. The highest BCUT2D eigenvalue weighted by Crippen LogP contribution is 2.29. The molecule has 1 atom stereocenters. The Morgan fingerprint density at radius 1 is 1.24 bits per heavy atom. The van der Waals surface area contributed by atoms with Crippen LogP contribution in [0.15, 0.2) is 24.3 Å². The number of aryl methyl sites for hydroxylation is 1. The summed E-state index contributed by atoms with van der Waals surface area (Å²) in [5.41, 5.74) is 9.10. The molecule has 1 aromatic carbocycles. The van der Waals surface area contributed by atoms with Crippen molar-refractivity contribution in [2.24, 2.45) is 5.73 Å². The van der Waals surface area contributed by atoms with Crippen LogP contribution in [0, 0.1) is 0 Å². The molecule has 1 fully saturated rings. The van der Waals surface area contributed by atoms with Gasteiger partial charge < -0.3 is 5.73 Å². The summed E-state index contributed by atoms with van der Waals surface area (Å²) in [4.78, 5) is 2.50. The van der Waals surface area contributed by atoms with Gasteiger partial charge >= 0.3 is 0 Å². The summed E-state index contributed by atoms with van der Waals surface area (Å²) in [6.45, 7) is 8.81. The predicted molar refractivity (Wildman–Crippen MR) is 72.9 cm³/mol. The normalized spacial score (nSPS) is 24.1. The molecule has 1 unspecified atom stereocenters. The minimum atomic E-state index is 0.239. The summed E-state index contributed by atoms with van der Waals surface area (Å²) in [5, 5.41) is 0. The van der Waals surface area contributed by atoms with Crippen molar-refractivity contribution < 1.29 is 0 Å². The maximum atomic E-state index is 6.06. The third-order valence-corrected chi connectivity index (χ3v) is 3.88. The van der Waals surface area contributed by atoms with Crippen molar-refractivity contribution >= 4 is 0 Å². The van der Waals surface area contributed by atoms with Gasteiger partial charge in [-0.1, -0.05) is 31.2 Å². The Morgan fingerprint density at radius 2 is 1.82 bits per heavy atom. The summed E-state index contributed by atoms with van der Waals surface area (Å²) in [6.07, 6.45) is 2.21. The first kappa shape index (κ1) is 12.6. The van der Waals surface area contributed by atoms with Gasteiger partial charge in [0.2, 0.25) is 0 Å². The van der Waals surface area contributed by atoms with Crippen LogP contribution >= 0.6 is 0 Å². The van der Waals surface area contributed by atoms with Crippen molar-refractivity contribution in [2.45, 2.75) is 51.7 Å². The molecule has 0 aliphatic carbocycles. The Hall–Kier alpha value is -0.860. The second kappa shape index (κ2) is 4.79. The zero-order chi connectivity index (χ0) is 12.5. The smallest absolute Gasteiger partial charge is 0.0239 e. The largest absolute Gasteiger partial charge is 0.326 e. The van der Waals surface area contributed by atoms with Gasteiger partial charge in [0.1, 0.15) is 0 Å². The maximum Gasteiger partial charge on any atom is 0.0239 e. The fourth-order valence-corrected chi connectivity index (χ4v) is 2.74. The van der Waals surface area contributed by atoms with Crippen LogP contribution in [0.5, 0.6) is 0 Å². The Labute approximate surface area is 105 Å². The molecule has 0 saturated carbocycles. The molecule has 0 aromatic heterocycles. The van der Waals surface area contributed by atoms with Crippen LogP contribution in [0.4, 0.5) is 0 Å². The number of benzene rings is 1. The first-order valence-electron chi connectivity index (χ1n) is 6.60. The highest BCUT2D eigenvalue weighted by atomic mass is 15.2. The zero-order valence-electron chi connectivity index (χ0n) is 11.2. The van der Waals surface area contributed by atoms with Crippen LogP contribution in [-0.2, 0) is 13.0 Å². The lowest BCUT2D eigenvalue weighted by molar-refractivity contribution is 0.166.